The second-order valence-corrected chi connectivity index (χ2v) is 11.6. The van der Waals surface area contributed by atoms with Crippen LogP contribution in [0.15, 0.2) is 81.4 Å². The molecule has 1 fully saturated rings. The average Bonchev–Trinajstić information content (AvgIpc) is 3.16. The van der Waals surface area contributed by atoms with Crippen molar-refractivity contribution in [1.29, 1.82) is 0 Å². The molecule has 0 aromatic heterocycles. The van der Waals surface area contributed by atoms with E-state index in [1.165, 1.54) is 11.0 Å². The summed E-state index contributed by atoms with van der Waals surface area (Å²) in [4.78, 5) is 55.3. The quantitative estimate of drug-likeness (QED) is 0.309. The number of carbonyl (C=O) groups excluding carboxylic acids is 4. The number of allylic oxidation sites excluding steroid dienone is 6. The summed E-state index contributed by atoms with van der Waals surface area (Å²) in [6, 6.07) is 11.7. The molecule has 4 aliphatic rings. The molecule has 4 atom stereocenters. The molecule has 4 unspecified atom stereocenters. The van der Waals surface area contributed by atoms with E-state index in [9.17, 15) is 29.4 Å². The molecule has 0 radical (unpaired) electrons. The zero-order chi connectivity index (χ0) is 27.6. The van der Waals surface area contributed by atoms with Gasteiger partial charge in [0, 0.05) is 39.2 Å². The van der Waals surface area contributed by atoms with Crippen molar-refractivity contribution in [3.05, 3.63) is 92.5 Å². The van der Waals surface area contributed by atoms with Gasteiger partial charge in [-0.3, -0.25) is 24.1 Å². The predicted octanol–water partition coefficient (Wildman–Crippen LogP) is 4.53. The van der Waals surface area contributed by atoms with Gasteiger partial charge in [0.05, 0.1) is 11.8 Å². The summed E-state index contributed by atoms with van der Waals surface area (Å²) in [5.74, 6) is -3.14. The molecule has 2 amide bonds. The Labute approximate surface area is 233 Å². The Hall–Kier alpha value is -3.78. The number of Topliss-reactive ketones (excluding diaryl/α,β-unsaturated/α-hetero) is 1. The van der Waals surface area contributed by atoms with Gasteiger partial charge in [0.2, 0.25) is 11.8 Å². The average molecular weight is 588 g/mol. The number of nitrogens with zero attached hydrogens (tertiary/aromatic N) is 1. The first-order valence-corrected chi connectivity index (χ1v) is 13.8. The molecular formula is C31H26BrNO6. The first kappa shape index (κ1) is 25.5. The van der Waals surface area contributed by atoms with E-state index in [1.54, 1.807) is 49.4 Å². The normalized spacial score (nSPS) is 26.3. The summed E-state index contributed by atoms with van der Waals surface area (Å²) in [5, 5.41) is 20.4. The number of rotatable bonds is 4. The number of phenols is 2. The van der Waals surface area contributed by atoms with Crippen LogP contribution in [0.5, 0.6) is 11.5 Å². The van der Waals surface area contributed by atoms with Gasteiger partial charge in [-0.1, -0.05) is 39.7 Å². The molecule has 0 bridgehead atoms. The number of imide groups is 1. The Balaban J connectivity index is 1.39. The maximum atomic E-state index is 13.8. The highest BCUT2D eigenvalue weighted by molar-refractivity contribution is 9.10. The minimum atomic E-state index is -0.688. The van der Waals surface area contributed by atoms with Crippen LogP contribution in [0.1, 0.15) is 36.8 Å². The molecular weight excluding hydrogens is 562 g/mol. The first-order valence-electron chi connectivity index (χ1n) is 13.0. The summed E-state index contributed by atoms with van der Waals surface area (Å²) in [6.45, 7) is 1.83. The number of hydrogen-bond donors (Lipinski definition) is 2. The Morgan fingerprint density at radius 2 is 1.72 bits per heavy atom. The van der Waals surface area contributed by atoms with Crippen LogP contribution in [0.2, 0.25) is 0 Å². The Morgan fingerprint density at radius 1 is 0.974 bits per heavy atom. The van der Waals surface area contributed by atoms with Gasteiger partial charge in [0.25, 0.3) is 0 Å². The molecule has 1 heterocycles. The van der Waals surface area contributed by atoms with Gasteiger partial charge in [0.15, 0.2) is 11.6 Å². The third kappa shape index (κ3) is 4.09. The van der Waals surface area contributed by atoms with E-state index in [2.05, 4.69) is 15.9 Å². The maximum absolute atomic E-state index is 13.8. The Kier molecular flexibility index (Phi) is 6.18. The van der Waals surface area contributed by atoms with Gasteiger partial charge in [-0.25, -0.2) is 0 Å². The standard InChI is InChI=1S/C31H26BrNO6/c1-15-12-25(36)28-23(29(15)37)14-21-19(26(28)22-13-17(32)4-9-24(22)35)7-8-20-27(21)31(39)33(30(20)38)11-10-16-2-5-18(34)6-3-16/h2-7,9,12-13,20-21,26-27,34-35H,8,10-11,14H2,1H3. The largest absolute Gasteiger partial charge is 0.508 e. The lowest BCUT2D eigenvalue weighted by Crippen LogP contribution is -2.40. The number of ketones is 2. The van der Waals surface area contributed by atoms with Gasteiger partial charge in [-0.2, -0.15) is 0 Å². The number of carbonyl (C=O) groups is 4. The second-order valence-electron chi connectivity index (χ2n) is 10.7. The Morgan fingerprint density at radius 3 is 2.46 bits per heavy atom. The van der Waals surface area contributed by atoms with Crippen LogP contribution in [-0.4, -0.2) is 45.0 Å². The number of fused-ring (bicyclic) bond motifs is 3. The minimum Gasteiger partial charge on any atom is -0.508 e. The van der Waals surface area contributed by atoms with E-state index in [0.29, 0.717) is 39.6 Å². The SMILES string of the molecule is CC1=CC(=O)C2=C(CC3C(=CCC4C(=O)N(CCc5ccc(O)cc5)C(=O)C43)C2c2cc(Br)ccc2O)C1=O. The lowest BCUT2D eigenvalue weighted by Gasteiger charge is -2.42. The second kappa shape index (κ2) is 9.45. The molecule has 6 rings (SSSR count). The molecule has 7 nitrogen and oxygen atoms in total. The monoisotopic (exact) mass is 587 g/mol. The number of benzene rings is 2. The molecule has 2 aromatic carbocycles. The molecule has 198 valence electrons. The van der Waals surface area contributed by atoms with E-state index in [-0.39, 0.29) is 47.8 Å². The fraction of sp³-hybridized carbons (Fsp3) is 0.290. The number of amides is 2. The van der Waals surface area contributed by atoms with Crippen molar-refractivity contribution in [1.82, 2.24) is 4.90 Å². The van der Waals surface area contributed by atoms with Crippen LogP contribution in [0.3, 0.4) is 0 Å². The van der Waals surface area contributed by atoms with Gasteiger partial charge < -0.3 is 10.2 Å². The topological polar surface area (TPSA) is 112 Å². The van der Waals surface area contributed by atoms with Crippen LogP contribution in [0, 0.1) is 17.8 Å². The number of hydrogen-bond acceptors (Lipinski definition) is 6. The predicted molar refractivity (Wildman–Crippen MR) is 146 cm³/mol. The molecule has 1 saturated heterocycles. The Bertz CT molecular complexity index is 1550. The molecule has 0 saturated carbocycles. The van der Waals surface area contributed by atoms with Crippen LogP contribution in [-0.2, 0) is 25.6 Å². The molecule has 2 N–H and O–H groups in total. The summed E-state index contributed by atoms with van der Waals surface area (Å²) >= 11 is 3.46. The summed E-state index contributed by atoms with van der Waals surface area (Å²) < 4.78 is 0.711. The zero-order valence-corrected chi connectivity index (χ0v) is 22.8. The van der Waals surface area contributed by atoms with E-state index in [1.807, 2.05) is 6.08 Å². The van der Waals surface area contributed by atoms with Crippen LogP contribution in [0.25, 0.3) is 0 Å². The highest BCUT2D eigenvalue weighted by Gasteiger charge is 2.56. The number of phenolic OH excluding ortho intramolecular Hbond substituents is 2. The van der Waals surface area contributed by atoms with Crippen molar-refractivity contribution in [2.45, 2.75) is 32.1 Å². The van der Waals surface area contributed by atoms with Crippen molar-refractivity contribution in [3.8, 4) is 11.5 Å². The van der Waals surface area contributed by atoms with E-state index in [0.717, 1.165) is 11.1 Å². The third-order valence-corrected chi connectivity index (χ3v) is 9.01. The molecule has 39 heavy (non-hydrogen) atoms. The van der Waals surface area contributed by atoms with Crippen molar-refractivity contribution in [2.75, 3.05) is 6.54 Å². The van der Waals surface area contributed by atoms with Crippen molar-refractivity contribution in [3.63, 3.8) is 0 Å². The lowest BCUT2D eigenvalue weighted by molar-refractivity contribution is -0.140. The molecule has 8 heteroatoms. The molecule has 1 aliphatic heterocycles. The molecule has 2 aromatic rings. The lowest BCUT2D eigenvalue weighted by atomic mass is 9.59. The van der Waals surface area contributed by atoms with E-state index in [4.69, 9.17) is 0 Å². The number of aromatic hydroxyl groups is 2. The van der Waals surface area contributed by atoms with E-state index < -0.39 is 23.7 Å². The van der Waals surface area contributed by atoms with Crippen LogP contribution in [0.4, 0.5) is 0 Å². The van der Waals surface area contributed by atoms with Gasteiger partial charge in [-0.05, 0) is 74.1 Å². The van der Waals surface area contributed by atoms with Crippen LogP contribution >= 0.6 is 15.9 Å². The highest BCUT2D eigenvalue weighted by Crippen LogP contribution is 2.56. The summed E-state index contributed by atoms with van der Waals surface area (Å²) in [5.41, 5.74) is 3.25. The minimum absolute atomic E-state index is 0.00500. The van der Waals surface area contributed by atoms with Gasteiger partial charge >= 0.3 is 0 Å². The summed E-state index contributed by atoms with van der Waals surface area (Å²) in [7, 11) is 0. The van der Waals surface area contributed by atoms with Gasteiger partial charge in [0.1, 0.15) is 11.5 Å². The maximum Gasteiger partial charge on any atom is 0.233 e. The fourth-order valence-corrected chi connectivity index (χ4v) is 7.06. The van der Waals surface area contributed by atoms with E-state index >= 15 is 0 Å². The summed E-state index contributed by atoms with van der Waals surface area (Å²) in [6.07, 6.45) is 4.31. The van der Waals surface area contributed by atoms with Crippen molar-refractivity contribution >= 4 is 39.3 Å². The zero-order valence-electron chi connectivity index (χ0n) is 21.2. The van der Waals surface area contributed by atoms with Crippen molar-refractivity contribution in [2.24, 2.45) is 17.8 Å². The van der Waals surface area contributed by atoms with Crippen molar-refractivity contribution < 1.29 is 29.4 Å². The van der Waals surface area contributed by atoms with Crippen LogP contribution < -0.4 is 0 Å². The first-order chi connectivity index (χ1) is 18.7. The molecule has 3 aliphatic carbocycles. The van der Waals surface area contributed by atoms with Gasteiger partial charge in [-0.15, -0.1) is 0 Å². The highest BCUT2D eigenvalue weighted by atomic mass is 79.9. The number of halogens is 1. The smallest absolute Gasteiger partial charge is 0.233 e. The molecule has 0 spiro atoms. The third-order valence-electron chi connectivity index (χ3n) is 8.51. The fourth-order valence-electron chi connectivity index (χ4n) is 6.68. The number of likely N-dealkylation sites (tertiary alicyclic amines) is 1.